The number of rotatable bonds is 6. The molecule has 1 amide bonds. The Morgan fingerprint density at radius 3 is 2.31 bits per heavy atom. The number of amides is 1. The molecule has 1 heterocycles. The van der Waals surface area contributed by atoms with E-state index in [0.29, 0.717) is 5.69 Å². The number of carbonyl (C=O) groups excluding carboxylic acids is 1. The molecule has 0 fully saturated rings. The lowest BCUT2D eigenvalue weighted by Gasteiger charge is -2.08. The van der Waals surface area contributed by atoms with Crippen molar-refractivity contribution in [1.29, 1.82) is 0 Å². The van der Waals surface area contributed by atoms with Crippen LogP contribution in [0, 0.1) is 0 Å². The Balaban J connectivity index is 1.60. The summed E-state index contributed by atoms with van der Waals surface area (Å²) in [5, 5.41) is 2.70. The predicted molar refractivity (Wildman–Crippen MR) is 101 cm³/mol. The first-order chi connectivity index (χ1) is 12.4. The molecule has 2 aromatic carbocycles. The number of halogens is 1. The summed E-state index contributed by atoms with van der Waals surface area (Å²) in [6.45, 7) is 0.144. The van der Waals surface area contributed by atoms with Gasteiger partial charge >= 0.3 is 0 Å². The van der Waals surface area contributed by atoms with E-state index in [-0.39, 0.29) is 23.1 Å². The van der Waals surface area contributed by atoms with Gasteiger partial charge in [-0.25, -0.2) is 13.1 Å². The molecule has 0 saturated heterocycles. The van der Waals surface area contributed by atoms with Crippen LogP contribution in [0.2, 0.25) is 0 Å². The summed E-state index contributed by atoms with van der Waals surface area (Å²) in [5.41, 5.74) is 1.35. The third kappa shape index (κ3) is 4.60. The van der Waals surface area contributed by atoms with Crippen LogP contribution < -0.4 is 10.0 Å². The second kappa shape index (κ2) is 7.86. The first-order valence-electron chi connectivity index (χ1n) is 7.63. The van der Waals surface area contributed by atoms with Gasteiger partial charge in [-0.2, -0.15) is 0 Å². The Morgan fingerprint density at radius 2 is 1.69 bits per heavy atom. The highest BCUT2D eigenvalue weighted by molar-refractivity contribution is 9.10. The fourth-order valence-electron chi connectivity index (χ4n) is 2.18. The Hall–Kier alpha value is -2.42. The summed E-state index contributed by atoms with van der Waals surface area (Å²) in [5.74, 6) is -0.130. The smallest absolute Gasteiger partial charge is 0.291 e. The Kier molecular flexibility index (Phi) is 5.55. The van der Waals surface area contributed by atoms with Crippen LogP contribution in [0.1, 0.15) is 16.1 Å². The number of carbonyl (C=O) groups is 1. The molecule has 0 aliphatic rings. The van der Waals surface area contributed by atoms with Crippen LogP contribution in [0.15, 0.2) is 80.7 Å². The molecule has 3 rings (SSSR count). The molecular formula is C18H15BrN2O4S. The van der Waals surface area contributed by atoms with Gasteiger partial charge in [0.05, 0.1) is 11.2 Å². The maximum atomic E-state index is 12.3. The summed E-state index contributed by atoms with van der Waals surface area (Å²) in [4.78, 5) is 12.1. The van der Waals surface area contributed by atoms with Gasteiger partial charge in [0, 0.05) is 16.7 Å². The maximum absolute atomic E-state index is 12.3. The molecule has 6 nitrogen and oxygen atoms in total. The number of benzene rings is 2. The Bertz CT molecular complexity index is 983. The molecule has 8 heteroatoms. The topological polar surface area (TPSA) is 88.4 Å². The molecule has 0 bridgehead atoms. The van der Waals surface area contributed by atoms with E-state index in [1.807, 2.05) is 0 Å². The monoisotopic (exact) mass is 434 g/mol. The van der Waals surface area contributed by atoms with Gasteiger partial charge in [-0.15, -0.1) is 0 Å². The fraction of sp³-hybridized carbons (Fsp3) is 0.0556. The first-order valence-corrected chi connectivity index (χ1v) is 9.91. The molecule has 0 radical (unpaired) electrons. The summed E-state index contributed by atoms with van der Waals surface area (Å²) in [6, 6.07) is 16.5. The number of sulfonamides is 1. The molecule has 26 heavy (non-hydrogen) atoms. The summed E-state index contributed by atoms with van der Waals surface area (Å²) in [7, 11) is -3.59. The predicted octanol–water partition coefficient (Wildman–Crippen LogP) is 3.77. The number of nitrogens with one attached hydrogen (secondary N) is 2. The van der Waals surface area contributed by atoms with Crippen LogP contribution in [0.5, 0.6) is 0 Å². The molecule has 0 atom stereocenters. The molecule has 0 aliphatic heterocycles. The largest absolute Gasteiger partial charge is 0.459 e. The van der Waals surface area contributed by atoms with Crippen molar-refractivity contribution < 1.29 is 17.6 Å². The zero-order valence-electron chi connectivity index (χ0n) is 13.5. The van der Waals surface area contributed by atoms with E-state index < -0.39 is 10.0 Å². The van der Waals surface area contributed by atoms with Crippen molar-refractivity contribution in [3.63, 3.8) is 0 Å². The molecule has 3 aromatic rings. The van der Waals surface area contributed by atoms with Crippen molar-refractivity contribution in [2.75, 3.05) is 5.32 Å². The van der Waals surface area contributed by atoms with Crippen LogP contribution in [0.25, 0.3) is 0 Å². The van der Waals surface area contributed by atoms with Gasteiger partial charge in [0.25, 0.3) is 5.91 Å². The minimum absolute atomic E-state index is 0.144. The van der Waals surface area contributed by atoms with E-state index in [0.717, 1.165) is 10.0 Å². The normalized spacial score (nSPS) is 11.3. The zero-order chi connectivity index (χ0) is 18.6. The Labute approximate surface area is 159 Å². The van der Waals surface area contributed by atoms with Gasteiger partial charge in [0.1, 0.15) is 0 Å². The van der Waals surface area contributed by atoms with Crippen molar-refractivity contribution in [3.8, 4) is 0 Å². The molecule has 134 valence electrons. The molecule has 0 unspecified atom stereocenters. The number of hydrogen-bond acceptors (Lipinski definition) is 4. The molecule has 1 aromatic heterocycles. The molecule has 0 saturated carbocycles. The van der Waals surface area contributed by atoms with E-state index in [4.69, 9.17) is 4.42 Å². The number of hydrogen-bond donors (Lipinski definition) is 2. The van der Waals surface area contributed by atoms with Crippen LogP contribution in [-0.4, -0.2) is 14.3 Å². The van der Waals surface area contributed by atoms with Gasteiger partial charge in [0.2, 0.25) is 10.0 Å². The van der Waals surface area contributed by atoms with Crippen molar-refractivity contribution in [3.05, 3.63) is 82.7 Å². The van der Waals surface area contributed by atoms with Gasteiger partial charge < -0.3 is 9.73 Å². The minimum Gasteiger partial charge on any atom is -0.459 e. The third-order valence-electron chi connectivity index (χ3n) is 3.55. The quantitative estimate of drug-likeness (QED) is 0.617. The Morgan fingerprint density at radius 1 is 1.00 bits per heavy atom. The highest BCUT2D eigenvalue weighted by Gasteiger charge is 2.13. The van der Waals surface area contributed by atoms with Gasteiger partial charge in [-0.3, -0.25) is 4.79 Å². The standard InChI is InChI=1S/C18H15BrN2O4S/c19-14-5-9-16(10-6-14)26(23,24)20-12-13-3-7-15(8-4-13)21-18(22)17-2-1-11-25-17/h1-11,20H,12H2,(H,21,22). The van der Waals surface area contributed by atoms with Crippen molar-refractivity contribution in [2.45, 2.75) is 11.4 Å². The second-order valence-electron chi connectivity index (χ2n) is 5.41. The molecule has 0 aliphatic carbocycles. The fourth-order valence-corrected chi connectivity index (χ4v) is 3.46. The second-order valence-corrected chi connectivity index (χ2v) is 8.09. The van der Waals surface area contributed by atoms with E-state index >= 15 is 0 Å². The average molecular weight is 435 g/mol. The highest BCUT2D eigenvalue weighted by Crippen LogP contribution is 2.16. The van der Waals surface area contributed by atoms with Crippen molar-refractivity contribution in [1.82, 2.24) is 4.72 Å². The summed E-state index contributed by atoms with van der Waals surface area (Å²) < 4.78 is 32.9. The number of furan rings is 1. The van der Waals surface area contributed by atoms with Gasteiger partial charge in [0.15, 0.2) is 5.76 Å². The summed E-state index contributed by atoms with van der Waals surface area (Å²) in [6.07, 6.45) is 1.43. The van der Waals surface area contributed by atoms with E-state index in [1.54, 1.807) is 48.5 Å². The van der Waals surface area contributed by atoms with Gasteiger partial charge in [-0.05, 0) is 54.1 Å². The van der Waals surface area contributed by atoms with Crippen LogP contribution in [0.4, 0.5) is 5.69 Å². The van der Waals surface area contributed by atoms with E-state index in [1.165, 1.54) is 18.4 Å². The lowest BCUT2D eigenvalue weighted by atomic mass is 10.2. The number of anilines is 1. The SMILES string of the molecule is O=C(Nc1ccc(CNS(=O)(=O)c2ccc(Br)cc2)cc1)c1ccco1. The van der Waals surface area contributed by atoms with Crippen molar-refractivity contribution in [2.24, 2.45) is 0 Å². The zero-order valence-corrected chi connectivity index (χ0v) is 15.9. The molecule has 0 spiro atoms. The lowest BCUT2D eigenvalue weighted by Crippen LogP contribution is -2.23. The lowest BCUT2D eigenvalue weighted by molar-refractivity contribution is 0.0996. The minimum atomic E-state index is -3.59. The molecular weight excluding hydrogens is 420 g/mol. The molecule has 2 N–H and O–H groups in total. The van der Waals surface area contributed by atoms with Crippen molar-refractivity contribution >= 4 is 37.5 Å². The first kappa shape index (κ1) is 18.4. The van der Waals surface area contributed by atoms with Crippen LogP contribution in [0.3, 0.4) is 0 Å². The maximum Gasteiger partial charge on any atom is 0.291 e. The average Bonchev–Trinajstić information content (AvgIpc) is 3.16. The third-order valence-corrected chi connectivity index (χ3v) is 5.49. The summed E-state index contributed by atoms with van der Waals surface area (Å²) >= 11 is 3.27. The van der Waals surface area contributed by atoms with Crippen LogP contribution in [-0.2, 0) is 16.6 Å². The van der Waals surface area contributed by atoms with E-state index in [2.05, 4.69) is 26.0 Å². The van der Waals surface area contributed by atoms with Gasteiger partial charge in [-0.1, -0.05) is 28.1 Å². The van der Waals surface area contributed by atoms with E-state index in [9.17, 15) is 13.2 Å². The highest BCUT2D eigenvalue weighted by atomic mass is 79.9. The van der Waals surface area contributed by atoms with Crippen LogP contribution >= 0.6 is 15.9 Å².